The number of aromatic amines is 1. The highest BCUT2D eigenvalue weighted by molar-refractivity contribution is 5.41. The molecular weight excluding hydrogens is 134 g/mol. The van der Waals surface area contributed by atoms with E-state index in [0.717, 1.165) is 0 Å². The predicted octanol–water partition coefficient (Wildman–Crippen LogP) is -0.145. The number of rotatable bonds is 1. The molecule has 1 N–H and O–H groups in total. The molecule has 0 spiro atoms. The molecule has 6 nitrogen and oxygen atoms in total. The monoisotopic (exact) mass is 137 g/mol. The minimum Gasteiger partial charge on any atom is -0.332 e. The fourth-order valence-corrected chi connectivity index (χ4v) is 0.591. The second-order valence-corrected chi connectivity index (χ2v) is 1.60. The van der Waals surface area contributed by atoms with Crippen LogP contribution >= 0.6 is 0 Å². The Morgan fingerprint density at radius 1 is 1.50 bits per heavy atom. The van der Waals surface area contributed by atoms with Crippen molar-refractivity contribution >= 4 is 0 Å². The Bertz CT molecular complexity index is 253. The fourth-order valence-electron chi connectivity index (χ4n) is 0.591. The third kappa shape index (κ3) is 0.661. The first-order valence-electron chi connectivity index (χ1n) is 2.59. The molecule has 2 rings (SSSR count). The number of hydrogen-bond donors (Lipinski definition) is 1. The molecule has 0 radical (unpaired) electrons. The molecule has 0 aliphatic rings. The third-order valence-corrected chi connectivity index (χ3v) is 0.995. The van der Waals surface area contributed by atoms with Crippen LogP contribution in [0.4, 0.5) is 0 Å². The Labute approximate surface area is 55.3 Å². The highest BCUT2D eigenvalue weighted by Crippen LogP contribution is 2.08. The summed E-state index contributed by atoms with van der Waals surface area (Å²) < 4.78 is 4.69. The lowest BCUT2D eigenvalue weighted by molar-refractivity contribution is 0.428. The van der Waals surface area contributed by atoms with Crippen LogP contribution in [0.1, 0.15) is 0 Å². The molecule has 0 aliphatic carbocycles. The topological polar surface area (TPSA) is 80.5 Å². The van der Waals surface area contributed by atoms with E-state index < -0.39 is 0 Å². The summed E-state index contributed by atoms with van der Waals surface area (Å²) >= 11 is 0. The molecule has 2 heterocycles. The van der Waals surface area contributed by atoms with Crippen molar-refractivity contribution in [2.45, 2.75) is 0 Å². The Balaban J connectivity index is 2.48. The quantitative estimate of drug-likeness (QED) is 0.591. The van der Waals surface area contributed by atoms with Crippen LogP contribution in [-0.4, -0.2) is 25.6 Å². The third-order valence-electron chi connectivity index (χ3n) is 0.995. The second-order valence-electron chi connectivity index (χ2n) is 1.60. The van der Waals surface area contributed by atoms with Crippen LogP contribution in [0, 0.1) is 0 Å². The van der Waals surface area contributed by atoms with Crippen molar-refractivity contribution in [2.75, 3.05) is 0 Å². The van der Waals surface area contributed by atoms with E-state index in [4.69, 9.17) is 4.52 Å². The maximum absolute atomic E-state index is 4.69. The molecule has 0 saturated heterocycles. The van der Waals surface area contributed by atoms with E-state index in [-0.39, 0.29) is 0 Å². The van der Waals surface area contributed by atoms with Gasteiger partial charge < -0.3 is 4.52 Å². The van der Waals surface area contributed by atoms with Gasteiger partial charge in [-0.1, -0.05) is 5.16 Å². The van der Waals surface area contributed by atoms with Crippen LogP contribution < -0.4 is 0 Å². The molecule has 0 saturated carbocycles. The zero-order valence-electron chi connectivity index (χ0n) is 4.85. The van der Waals surface area contributed by atoms with Gasteiger partial charge in [0.2, 0.25) is 0 Å². The van der Waals surface area contributed by atoms with Crippen LogP contribution in [-0.2, 0) is 0 Å². The van der Waals surface area contributed by atoms with Crippen LogP contribution in [0.3, 0.4) is 0 Å². The summed E-state index contributed by atoms with van der Waals surface area (Å²) in [5.41, 5.74) is 0.553. The SMILES string of the molecule is c1noc(-c2cn[nH]n2)n1. The number of hydrogen-bond acceptors (Lipinski definition) is 5. The molecule has 0 aromatic carbocycles. The number of H-pyrrole nitrogens is 1. The second kappa shape index (κ2) is 1.90. The maximum atomic E-state index is 4.69. The average Bonchev–Trinajstić information content (AvgIpc) is 2.59. The van der Waals surface area contributed by atoms with Crippen molar-refractivity contribution in [3.05, 3.63) is 12.5 Å². The molecular formula is C4H3N5O. The summed E-state index contributed by atoms with van der Waals surface area (Å²) in [5, 5.41) is 13.1. The standard InChI is InChI=1S/C4H3N5O/c1-3(8-9-6-1)4-5-2-7-10-4/h1-2H,(H,6,8,9). The van der Waals surface area contributed by atoms with Gasteiger partial charge in [-0.3, -0.25) is 0 Å². The highest BCUT2D eigenvalue weighted by Gasteiger charge is 2.04. The van der Waals surface area contributed by atoms with E-state index in [1.807, 2.05) is 0 Å². The van der Waals surface area contributed by atoms with Crippen molar-refractivity contribution in [1.82, 2.24) is 25.6 Å². The normalized spacial score (nSPS) is 10.0. The summed E-state index contributed by atoms with van der Waals surface area (Å²) in [7, 11) is 0. The van der Waals surface area contributed by atoms with Crippen LogP contribution in [0.15, 0.2) is 17.0 Å². The minimum absolute atomic E-state index is 0.369. The van der Waals surface area contributed by atoms with E-state index >= 15 is 0 Å². The van der Waals surface area contributed by atoms with Crippen LogP contribution in [0.5, 0.6) is 0 Å². The summed E-state index contributed by atoms with van der Waals surface area (Å²) in [4.78, 5) is 3.76. The molecule has 50 valence electrons. The van der Waals surface area contributed by atoms with Crippen molar-refractivity contribution in [1.29, 1.82) is 0 Å². The molecule has 0 bridgehead atoms. The van der Waals surface area contributed by atoms with Crippen LogP contribution in [0.25, 0.3) is 11.6 Å². The average molecular weight is 137 g/mol. The van der Waals surface area contributed by atoms with Gasteiger partial charge >= 0.3 is 0 Å². The summed E-state index contributed by atoms with van der Waals surface area (Å²) in [6.07, 6.45) is 2.82. The van der Waals surface area contributed by atoms with Gasteiger partial charge in [0.25, 0.3) is 5.89 Å². The van der Waals surface area contributed by atoms with E-state index in [1.54, 1.807) is 0 Å². The number of nitrogens with zero attached hydrogens (tertiary/aromatic N) is 4. The largest absolute Gasteiger partial charge is 0.332 e. The predicted molar refractivity (Wildman–Crippen MR) is 29.7 cm³/mol. The molecule has 6 heteroatoms. The van der Waals surface area contributed by atoms with Crippen molar-refractivity contribution in [2.24, 2.45) is 0 Å². The van der Waals surface area contributed by atoms with Crippen molar-refractivity contribution in [3.8, 4) is 11.6 Å². The van der Waals surface area contributed by atoms with E-state index in [0.29, 0.717) is 11.6 Å². The molecule has 2 aromatic rings. The van der Waals surface area contributed by atoms with Crippen LogP contribution in [0.2, 0.25) is 0 Å². The molecule has 0 amide bonds. The number of aromatic nitrogens is 5. The Morgan fingerprint density at radius 2 is 2.50 bits per heavy atom. The van der Waals surface area contributed by atoms with E-state index in [9.17, 15) is 0 Å². The Hall–Kier alpha value is -1.72. The lowest BCUT2D eigenvalue weighted by atomic mass is 10.5. The van der Waals surface area contributed by atoms with Gasteiger partial charge in [-0.15, -0.1) is 0 Å². The van der Waals surface area contributed by atoms with Gasteiger partial charge in [0, 0.05) is 0 Å². The van der Waals surface area contributed by atoms with Gasteiger partial charge in [-0.25, -0.2) is 0 Å². The molecule has 0 unspecified atom stereocenters. The first kappa shape index (κ1) is 5.10. The fraction of sp³-hybridized carbons (Fsp3) is 0. The van der Waals surface area contributed by atoms with Gasteiger partial charge in [0.1, 0.15) is 0 Å². The van der Waals surface area contributed by atoms with Gasteiger partial charge in [-0.2, -0.15) is 20.4 Å². The first-order valence-corrected chi connectivity index (χ1v) is 2.59. The zero-order chi connectivity index (χ0) is 6.81. The summed E-state index contributed by atoms with van der Waals surface area (Å²) in [6, 6.07) is 0. The van der Waals surface area contributed by atoms with E-state index in [1.165, 1.54) is 12.5 Å². The van der Waals surface area contributed by atoms with Gasteiger partial charge in [0.15, 0.2) is 12.0 Å². The molecule has 10 heavy (non-hydrogen) atoms. The van der Waals surface area contributed by atoms with E-state index in [2.05, 4.69) is 25.6 Å². The van der Waals surface area contributed by atoms with Gasteiger partial charge in [-0.05, 0) is 0 Å². The lowest BCUT2D eigenvalue weighted by Gasteiger charge is -1.77. The molecule has 0 fully saturated rings. The zero-order valence-corrected chi connectivity index (χ0v) is 4.85. The minimum atomic E-state index is 0.369. The summed E-state index contributed by atoms with van der Waals surface area (Å²) in [6.45, 7) is 0. The van der Waals surface area contributed by atoms with Gasteiger partial charge in [0.05, 0.1) is 6.20 Å². The highest BCUT2D eigenvalue weighted by atomic mass is 16.5. The van der Waals surface area contributed by atoms with Crippen molar-refractivity contribution < 1.29 is 4.52 Å². The number of nitrogens with one attached hydrogen (secondary N) is 1. The first-order chi connectivity index (χ1) is 4.97. The Kier molecular flexibility index (Phi) is 0.970. The lowest BCUT2D eigenvalue weighted by Crippen LogP contribution is -1.75. The Morgan fingerprint density at radius 3 is 3.10 bits per heavy atom. The summed E-state index contributed by atoms with van der Waals surface area (Å²) in [5.74, 6) is 0.369. The maximum Gasteiger partial charge on any atom is 0.279 e. The molecule has 2 aromatic heterocycles. The molecule has 0 aliphatic heterocycles. The molecule has 0 atom stereocenters. The van der Waals surface area contributed by atoms with Crippen molar-refractivity contribution in [3.63, 3.8) is 0 Å². The smallest absolute Gasteiger partial charge is 0.279 e.